The van der Waals surface area contributed by atoms with Crippen molar-refractivity contribution >= 4 is 5.78 Å². The first-order chi connectivity index (χ1) is 7.12. The number of hydrogen-bond acceptors (Lipinski definition) is 2. The highest BCUT2D eigenvalue weighted by molar-refractivity contribution is 6.01. The Morgan fingerprint density at radius 3 is 1.88 bits per heavy atom. The molecule has 0 fully saturated rings. The fourth-order valence-electron chi connectivity index (χ4n) is 1.33. The molecule has 0 saturated heterocycles. The predicted molar refractivity (Wildman–Crippen MR) is 63.0 cm³/mol. The summed E-state index contributed by atoms with van der Waals surface area (Å²) in [7, 11) is 0. The average Bonchev–Trinajstić information content (AvgIpc) is 2.14. The van der Waals surface area contributed by atoms with Gasteiger partial charge in [0.2, 0.25) is 0 Å². The van der Waals surface area contributed by atoms with Crippen LogP contribution < -0.4 is 0 Å². The van der Waals surface area contributed by atoms with Gasteiger partial charge in [0.25, 0.3) is 0 Å². The van der Waals surface area contributed by atoms with E-state index >= 15 is 0 Å². The Labute approximate surface area is 97.3 Å². The van der Waals surface area contributed by atoms with Crippen LogP contribution in [-0.2, 0) is 5.41 Å². The summed E-state index contributed by atoms with van der Waals surface area (Å²) in [5.74, 6) is -0.324. The van der Waals surface area contributed by atoms with Crippen molar-refractivity contribution < 1.29 is 9.90 Å². The molecule has 0 spiro atoms. The van der Waals surface area contributed by atoms with Crippen LogP contribution in [-0.4, -0.2) is 16.5 Å². The van der Waals surface area contributed by atoms with E-state index in [0.717, 1.165) is 5.56 Å². The molecule has 2 nitrogen and oxygen atoms in total. The zero-order valence-corrected chi connectivity index (χ0v) is 9.82. The molecule has 0 unspecified atom stereocenters. The van der Waals surface area contributed by atoms with Gasteiger partial charge in [0.05, 0.1) is 0 Å². The molecular weight excluding hydrogens is 200 g/mol. The average molecular weight is 216 g/mol. The van der Waals surface area contributed by atoms with Crippen molar-refractivity contribution in [2.24, 2.45) is 0 Å². The molecule has 1 aromatic carbocycles. The summed E-state index contributed by atoms with van der Waals surface area (Å²) in [6.07, 6.45) is 0. The summed E-state index contributed by atoms with van der Waals surface area (Å²) in [4.78, 5) is 11.7. The quantitative estimate of drug-likeness (QED) is 0.787. The molecule has 4 radical (unpaired) electrons. The molecule has 16 heavy (non-hydrogen) atoms. The van der Waals surface area contributed by atoms with Crippen LogP contribution in [0.2, 0.25) is 0 Å². The van der Waals surface area contributed by atoms with Crippen molar-refractivity contribution in [1.29, 1.82) is 0 Å². The van der Waals surface area contributed by atoms with Gasteiger partial charge in [-0.1, -0.05) is 31.2 Å². The number of Topliss-reactive ketones (excluding diaryl/α,β-unsaturated/α-hetero) is 1. The first-order valence-corrected chi connectivity index (χ1v) is 5.08. The van der Waals surface area contributed by atoms with Gasteiger partial charge in [-0.2, -0.15) is 0 Å². The van der Waals surface area contributed by atoms with E-state index in [1.807, 2.05) is 0 Å². The Bertz CT molecular complexity index is 375. The van der Waals surface area contributed by atoms with Gasteiger partial charge in [-0.15, -0.1) is 0 Å². The van der Waals surface area contributed by atoms with Gasteiger partial charge < -0.3 is 5.11 Å². The minimum absolute atomic E-state index is 0.324. The van der Waals surface area contributed by atoms with Crippen molar-refractivity contribution in [1.82, 2.24) is 0 Å². The summed E-state index contributed by atoms with van der Waals surface area (Å²) >= 11 is 0. The van der Waals surface area contributed by atoms with Gasteiger partial charge in [0.15, 0.2) is 5.78 Å². The van der Waals surface area contributed by atoms with E-state index in [4.69, 9.17) is 13.8 Å². The van der Waals surface area contributed by atoms with Crippen LogP contribution in [0.25, 0.3) is 0 Å². The summed E-state index contributed by atoms with van der Waals surface area (Å²) in [5.41, 5.74) is -1.10. The van der Waals surface area contributed by atoms with Gasteiger partial charge in [0, 0.05) is 5.56 Å². The molecule has 0 bridgehead atoms. The maximum atomic E-state index is 11.7. The molecule has 0 aliphatic heterocycles. The van der Waals surface area contributed by atoms with E-state index in [0.29, 0.717) is 5.56 Å². The highest BCUT2D eigenvalue weighted by Gasteiger charge is 2.25. The van der Waals surface area contributed by atoms with Crippen molar-refractivity contribution in [3.8, 4) is 0 Å². The third-order valence-electron chi connectivity index (χ3n) is 2.32. The highest BCUT2D eigenvalue weighted by atomic mass is 16.3. The third-order valence-corrected chi connectivity index (χ3v) is 2.32. The first kappa shape index (κ1) is 12.9. The van der Waals surface area contributed by atoms with Crippen molar-refractivity contribution in [2.75, 3.05) is 0 Å². The van der Waals surface area contributed by atoms with Gasteiger partial charge >= 0.3 is 0 Å². The smallest absolute Gasteiger partial charge is 0.193 e. The molecule has 1 N–H and O–H groups in total. The third kappa shape index (κ3) is 2.92. The molecular formula is C14H16O2. The molecule has 84 valence electrons. The summed E-state index contributed by atoms with van der Waals surface area (Å²) in [6, 6.07) is 6.62. The Kier molecular flexibility index (Phi) is 3.25. The second-order valence-corrected chi connectivity index (χ2v) is 4.75. The Balaban J connectivity index is 3.01. The maximum absolute atomic E-state index is 11.7. The first-order valence-electron chi connectivity index (χ1n) is 5.08. The minimum Gasteiger partial charge on any atom is -0.382 e. The molecule has 0 atom stereocenters. The number of benzene rings is 1. The number of rotatable bonds is 3. The number of aliphatic hydroxyl groups is 1. The molecule has 1 aromatic rings. The van der Waals surface area contributed by atoms with E-state index in [1.54, 1.807) is 31.2 Å². The van der Waals surface area contributed by atoms with Crippen molar-refractivity contribution in [3.63, 3.8) is 0 Å². The normalized spacial score (nSPS) is 12.6. The Morgan fingerprint density at radius 1 is 1.12 bits per heavy atom. The van der Waals surface area contributed by atoms with Crippen LogP contribution in [0.3, 0.4) is 0 Å². The lowest BCUT2D eigenvalue weighted by Crippen LogP contribution is -2.31. The lowest BCUT2D eigenvalue weighted by molar-refractivity contribution is 0.0488. The number of carbonyl (C=O) groups excluding carboxylic acids is 1. The van der Waals surface area contributed by atoms with Crippen LogP contribution in [0, 0.1) is 13.8 Å². The van der Waals surface area contributed by atoms with Crippen LogP contribution in [0.4, 0.5) is 0 Å². The van der Waals surface area contributed by atoms with Crippen LogP contribution in [0.15, 0.2) is 24.3 Å². The van der Waals surface area contributed by atoms with Crippen LogP contribution in [0.5, 0.6) is 0 Å². The second-order valence-electron chi connectivity index (χ2n) is 4.75. The van der Waals surface area contributed by atoms with Gasteiger partial charge in [-0.25, -0.2) is 0 Å². The fourth-order valence-corrected chi connectivity index (χ4v) is 1.33. The highest BCUT2D eigenvalue weighted by Crippen LogP contribution is 2.22. The van der Waals surface area contributed by atoms with E-state index in [-0.39, 0.29) is 5.78 Å². The predicted octanol–water partition coefficient (Wildman–Crippen LogP) is 2.32. The molecule has 0 aliphatic rings. The summed E-state index contributed by atoms with van der Waals surface area (Å²) in [5, 5.41) is 9.57. The minimum atomic E-state index is -1.36. The van der Waals surface area contributed by atoms with Crippen molar-refractivity contribution in [3.05, 3.63) is 49.2 Å². The SMILES string of the molecule is [CH]C([CH])(C)c1ccc(C(=O)C(C)(C)O)cc1. The van der Waals surface area contributed by atoms with Gasteiger partial charge in [-0.05, 0) is 38.7 Å². The maximum Gasteiger partial charge on any atom is 0.193 e. The largest absolute Gasteiger partial charge is 0.382 e. The van der Waals surface area contributed by atoms with Gasteiger partial charge in [0.1, 0.15) is 5.60 Å². The molecule has 2 heteroatoms. The number of ketones is 1. The summed E-state index contributed by atoms with van der Waals surface area (Å²) < 4.78 is 0. The molecule has 0 saturated carbocycles. The van der Waals surface area contributed by atoms with Crippen LogP contribution >= 0.6 is 0 Å². The number of carbonyl (C=O) groups is 1. The zero-order chi connectivity index (χ0) is 12.6. The Hall–Kier alpha value is -1.15. The monoisotopic (exact) mass is 216 g/mol. The van der Waals surface area contributed by atoms with E-state index < -0.39 is 11.0 Å². The molecule has 0 aliphatic carbocycles. The van der Waals surface area contributed by atoms with E-state index in [9.17, 15) is 9.90 Å². The molecule has 0 amide bonds. The molecule has 0 aromatic heterocycles. The van der Waals surface area contributed by atoms with E-state index in [2.05, 4.69) is 0 Å². The number of hydrogen-bond donors (Lipinski definition) is 1. The zero-order valence-electron chi connectivity index (χ0n) is 9.82. The standard InChI is InChI=1S/C14H16O2/c1-13(2,3)11-8-6-10(7-9-11)12(15)14(4,5)16/h1-2,6-9,16H,3-5H3. The van der Waals surface area contributed by atoms with Gasteiger partial charge in [-0.3, -0.25) is 4.79 Å². The lowest BCUT2D eigenvalue weighted by atomic mass is 9.85. The van der Waals surface area contributed by atoms with E-state index in [1.165, 1.54) is 13.8 Å². The summed E-state index contributed by atoms with van der Waals surface area (Å²) in [6.45, 7) is 16.0. The van der Waals surface area contributed by atoms with Crippen molar-refractivity contribution in [2.45, 2.75) is 31.8 Å². The fraction of sp³-hybridized carbons (Fsp3) is 0.357. The molecule has 0 heterocycles. The Morgan fingerprint density at radius 2 is 1.56 bits per heavy atom. The topological polar surface area (TPSA) is 37.3 Å². The van der Waals surface area contributed by atoms with Crippen LogP contribution in [0.1, 0.15) is 36.7 Å². The lowest BCUT2D eigenvalue weighted by Gasteiger charge is -2.19. The second kappa shape index (κ2) is 4.02. The molecule has 1 rings (SSSR count).